The van der Waals surface area contributed by atoms with E-state index in [1.54, 1.807) is 29.4 Å². The van der Waals surface area contributed by atoms with E-state index in [0.717, 1.165) is 24.0 Å². The van der Waals surface area contributed by atoms with Gasteiger partial charge in [-0.25, -0.2) is 0 Å². The summed E-state index contributed by atoms with van der Waals surface area (Å²) >= 11 is 3.43. The molecule has 0 aromatic carbocycles. The second-order valence-electron chi connectivity index (χ2n) is 3.73. The summed E-state index contributed by atoms with van der Waals surface area (Å²) < 4.78 is 5.42. The number of furan rings is 1. The van der Waals surface area contributed by atoms with Gasteiger partial charge in [-0.2, -0.15) is 0 Å². The van der Waals surface area contributed by atoms with Crippen LogP contribution in [-0.2, 0) is 13.1 Å². The van der Waals surface area contributed by atoms with Crippen molar-refractivity contribution in [3.63, 3.8) is 0 Å². The fraction of sp³-hybridized carbons (Fsp3) is 0.308. The van der Waals surface area contributed by atoms with Crippen molar-refractivity contribution in [2.24, 2.45) is 4.99 Å². The van der Waals surface area contributed by atoms with Crippen LogP contribution < -0.4 is 0 Å². The van der Waals surface area contributed by atoms with Crippen LogP contribution in [0.5, 0.6) is 0 Å². The molecule has 0 radical (unpaired) electrons. The highest BCUT2D eigenvalue weighted by atomic mass is 32.2. The molecule has 5 heteroatoms. The number of thiophene rings is 1. The molecule has 0 N–H and O–H groups in total. The third-order valence-electron chi connectivity index (χ3n) is 2.50. The van der Waals surface area contributed by atoms with Crippen LogP contribution in [-0.4, -0.2) is 23.4 Å². The largest absolute Gasteiger partial charge is 0.467 e. The predicted octanol–water partition coefficient (Wildman–Crippen LogP) is 3.69. The lowest BCUT2D eigenvalue weighted by atomic mass is 10.4. The summed E-state index contributed by atoms with van der Waals surface area (Å²) in [6.07, 6.45) is 3.76. The normalized spacial score (nSPS) is 11.8. The lowest BCUT2D eigenvalue weighted by Gasteiger charge is -2.23. The fourth-order valence-corrected chi connectivity index (χ4v) is 3.02. The van der Waals surface area contributed by atoms with Crippen LogP contribution in [0.1, 0.15) is 10.6 Å². The summed E-state index contributed by atoms with van der Waals surface area (Å²) in [6, 6.07) is 8.13. The number of aliphatic imine (C=N–C) groups is 1. The Morgan fingerprint density at radius 1 is 1.39 bits per heavy atom. The lowest BCUT2D eigenvalue weighted by molar-refractivity contribution is 0.363. The van der Waals surface area contributed by atoms with Gasteiger partial charge in [0, 0.05) is 11.9 Å². The zero-order valence-electron chi connectivity index (χ0n) is 10.5. The summed E-state index contributed by atoms with van der Waals surface area (Å²) in [7, 11) is 1.83. The average molecular weight is 280 g/mol. The first-order valence-corrected chi connectivity index (χ1v) is 7.74. The van der Waals surface area contributed by atoms with Gasteiger partial charge in [0.1, 0.15) is 5.76 Å². The van der Waals surface area contributed by atoms with E-state index in [1.807, 2.05) is 25.4 Å². The Balaban J connectivity index is 2.12. The molecule has 0 amide bonds. The van der Waals surface area contributed by atoms with E-state index in [4.69, 9.17) is 4.42 Å². The Morgan fingerprint density at radius 2 is 2.28 bits per heavy atom. The minimum Gasteiger partial charge on any atom is -0.467 e. The highest BCUT2D eigenvalue weighted by molar-refractivity contribution is 8.13. The van der Waals surface area contributed by atoms with Crippen LogP contribution >= 0.6 is 23.1 Å². The molecule has 0 atom stereocenters. The van der Waals surface area contributed by atoms with Gasteiger partial charge in [0.05, 0.1) is 19.4 Å². The van der Waals surface area contributed by atoms with E-state index in [1.165, 1.54) is 4.88 Å². The molecule has 2 rings (SSSR count). The third-order valence-corrected chi connectivity index (χ3v) is 4.17. The van der Waals surface area contributed by atoms with Crippen molar-refractivity contribution in [3.05, 3.63) is 46.5 Å². The van der Waals surface area contributed by atoms with Gasteiger partial charge in [-0.3, -0.25) is 4.99 Å². The summed E-state index contributed by atoms with van der Waals surface area (Å²) in [5.74, 6) is 0.960. The van der Waals surface area contributed by atoms with E-state index in [0.29, 0.717) is 0 Å². The standard InChI is InChI=1S/C13H16N2OS2/c1-14-13(17-2)15(9-11-5-3-7-16-11)10-12-6-4-8-18-12/h3-8H,9-10H2,1-2H3. The van der Waals surface area contributed by atoms with E-state index in [9.17, 15) is 0 Å². The molecule has 0 aliphatic heterocycles. The van der Waals surface area contributed by atoms with Crippen LogP contribution in [0, 0.1) is 0 Å². The maximum absolute atomic E-state index is 5.42. The molecule has 2 aromatic heterocycles. The van der Waals surface area contributed by atoms with E-state index in [-0.39, 0.29) is 0 Å². The van der Waals surface area contributed by atoms with Gasteiger partial charge in [0.2, 0.25) is 0 Å². The number of nitrogens with zero attached hydrogens (tertiary/aromatic N) is 2. The lowest BCUT2D eigenvalue weighted by Crippen LogP contribution is -2.27. The van der Waals surface area contributed by atoms with Gasteiger partial charge in [-0.05, 0) is 29.8 Å². The Labute approximate surface area is 116 Å². The van der Waals surface area contributed by atoms with E-state index >= 15 is 0 Å². The SMILES string of the molecule is CN=C(SC)N(Cc1ccco1)Cc1cccs1. The topological polar surface area (TPSA) is 28.7 Å². The molecular formula is C13H16N2OS2. The van der Waals surface area contributed by atoms with Gasteiger partial charge in [-0.15, -0.1) is 11.3 Å². The Kier molecular flexibility index (Phi) is 4.90. The first-order chi connectivity index (χ1) is 8.83. The van der Waals surface area contributed by atoms with Crippen molar-refractivity contribution < 1.29 is 4.42 Å². The first-order valence-electron chi connectivity index (χ1n) is 5.64. The number of hydrogen-bond donors (Lipinski definition) is 0. The van der Waals surface area contributed by atoms with E-state index in [2.05, 4.69) is 27.4 Å². The molecule has 3 nitrogen and oxygen atoms in total. The monoisotopic (exact) mass is 280 g/mol. The van der Waals surface area contributed by atoms with Crippen molar-refractivity contribution in [2.75, 3.05) is 13.3 Å². The molecule has 0 aliphatic rings. The maximum atomic E-state index is 5.42. The molecule has 2 heterocycles. The van der Waals surface area contributed by atoms with Gasteiger partial charge < -0.3 is 9.32 Å². The highest BCUT2D eigenvalue weighted by Crippen LogP contribution is 2.18. The molecule has 0 bridgehead atoms. The zero-order valence-corrected chi connectivity index (χ0v) is 12.1. The van der Waals surface area contributed by atoms with Crippen molar-refractivity contribution in [3.8, 4) is 0 Å². The molecular weight excluding hydrogens is 264 g/mol. The van der Waals surface area contributed by atoms with Crippen LogP contribution in [0.3, 0.4) is 0 Å². The number of hydrogen-bond acceptors (Lipinski definition) is 4. The minimum absolute atomic E-state index is 0.748. The van der Waals surface area contributed by atoms with Gasteiger partial charge in [-0.1, -0.05) is 17.8 Å². The van der Waals surface area contributed by atoms with Crippen LogP contribution in [0.2, 0.25) is 0 Å². The second kappa shape index (κ2) is 6.66. The Hall–Kier alpha value is -1.20. The Bertz CT molecular complexity index is 441. The van der Waals surface area contributed by atoms with Crippen LogP contribution in [0.15, 0.2) is 45.3 Å². The molecule has 2 aromatic rings. The van der Waals surface area contributed by atoms with E-state index < -0.39 is 0 Å². The molecule has 0 saturated carbocycles. The van der Waals surface area contributed by atoms with Crippen molar-refractivity contribution in [1.29, 1.82) is 0 Å². The number of amidine groups is 1. The van der Waals surface area contributed by atoms with Crippen LogP contribution in [0.4, 0.5) is 0 Å². The number of rotatable bonds is 4. The zero-order chi connectivity index (χ0) is 12.8. The second-order valence-corrected chi connectivity index (χ2v) is 5.53. The van der Waals surface area contributed by atoms with Gasteiger partial charge in [0.15, 0.2) is 5.17 Å². The maximum Gasteiger partial charge on any atom is 0.159 e. The van der Waals surface area contributed by atoms with Gasteiger partial charge in [0.25, 0.3) is 0 Å². The number of thioether (sulfide) groups is 1. The summed E-state index contributed by atoms with van der Waals surface area (Å²) in [5, 5.41) is 3.13. The third kappa shape index (κ3) is 3.40. The highest BCUT2D eigenvalue weighted by Gasteiger charge is 2.13. The minimum atomic E-state index is 0.748. The fourth-order valence-electron chi connectivity index (χ4n) is 1.73. The molecule has 0 unspecified atom stereocenters. The van der Waals surface area contributed by atoms with Gasteiger partial charge >= 0.3 is 0 Å². The quantitative estimate of drug-likeness (QED) is 0.631. The Morgan fingerprint density at radius 3 is 2.83 bits per heavy atom. The van der Waals surface area contributed by atoms with Crippen molar-refractivity contribution >= 4 is 28.3 Å². The smallest absolute Gasteiger partial charge is 0.159 e. The van der Waals surface area contributed by atoms with Crippen molar-refractivity contribution in [1.82, 2.24) is 4.90 Å². The molecule has 0 aliphatic carbocycles. The molecule has 18 heavy (non-hydrogen) atoms. The molecule has 0 fully saturated rings. The molecule has 96 valence electrons. The predicted molar refractivity (Wildman–Crippen MR) is 79.1 cm³/mol. The summed E-state index contributed by atoms with van der Waals surface area (Å²) in [5.41, 5.74) is 0. The summed E-state index contributed by atoms with van der Waals surface area (Å²) in [4.78, 5) is 7.90. The summed E-state index contributed by atoms with van der Waals surface area (Å²) in [6.45, 7) is 1.62. The first kappa shape index (κ1) is 13.2. The average Bonchev–Trinajstić information content (AvgIpc) is 3.03. The molecule has 0 saturated heterocycles. The van der Waals surface area contributed by atoms with Crippen LogP contribution in [0.25, 0.3) is 0 Å². The molecule has 0 spiro atoms. The van der Waals surface area contributed by atoms with Crippen molar-refractivity contribution in [2.45, 2.75) is 13.1 Å².